The van der Waals surface area contributed by atoms with E-state index in [0.29, 0.717) is 36.1 Å². The fourth-order valence-corrected chi connectivity index (χ4v) is 3.69. The van der Waals surface area contributed by atoms with E-state index in [2.05, 4.69) is 22.9 Å². The molecule has 0 aliphatic rings. The van der Waals surface area contributed by atoms with Crippen LogP contribution in [0.3, 0.4) is 0 Å². The highest BCUT2D eigenvalue weighted by atomic mass is 32.1. The minimum atomic E-state index is -1.22. The molecular formula is C21H19F3N2O2S2. The van der Waals surface area contributed by atoms with E-state index in [1.165, 1.54) is 11.3 Å². The van der Waals surface area contributed by atoms with Crippen LogP contribution in [0.4, 0.5) is 13.2 Å². The van der Waals surface area contributed by atoms with Gasteiger partial charge in [-0.1, -0.05) is 12.1 Å². The second-order valence-corrected chi connectivity index (χ2v) is 7.82. The topological polar surface area (TPSA) is 51.2 Å². The molecule has 9 heteroatoms. The Bertz CT molecular complexity index is 996. The first kappa shape index (κ1) is 22.3. The highest BCUT2D eigenvalue weighted by molar-refractivity contribution is 7.80. The van der Waals surface area contributed by atoms with E-state index in [9.17, 15) is 18.0 Å². The third-order valence-electron chi connectivity index (χ3n) is 4.29. The van der Waals surface area contributed by atoms with Crippen molar-refractivity contribution in [2.75, 3.05) is 5.75 Å². The van der Waals surface area contributed by atoms with Gasteiger partial charge in [0.2, 0.25) is 0 Å². The summed E-state index contributed by atoms with van der Waals surface area (Å²) in [4.78, 5) is 15.4. The number of nitrogens with zero attached hydrogens (tertiary/aromatic N) is 1. The lowest BCUT2D eigenvalue weighted by molar-refractivity contribution is -0.109. The zero-order valence-corrected chi connectivity index (χ0v) is 17.5. The summed E-state index contributed by atoms with van der Waals surface area (Å²) in [5.41, 5.74) is 1.20. The summed E-state index contributed by atoms with van der Waals surface area (Å²) in [6, 6.07) is 7.50. The molecule has 0 saturated carbocycles. The maximum atomic E-state index is 13.9. The number of ether oxygens (including phenoxy) is 1. The van der Waals surface area contributed by atoms with Crippen molar-refractivity contribution in [3.63, 3.8) is 0 Å². The maximum absolute atomic E-state index is 13.9. The van der Waals surface area contributed by atoms with E-state index in [1.807, 2.05) is 5.38 Å². The van der Waals surface area contributed by atoms with Gasteiger partial charge in [-0.15, -0.1) is 11.3 Å². The molecule has 30 heavy (non-hydrogen) atoms. The number of rotatable bonds is 10. The van der Waals surface area contributed by atoms with Crippen molar-refractivity contribution in [1.29, 1.82) is 0 Å². The Kier molecular flexibility index (Phi) is 7.89. The van der Waals surface area contributed by atoms with Crippen LogP contribution in [0.2, 0.25) is 0 Å². The average Bonchev–Trinajstić information content (AvgIpc) is 3.20. The predicted molar refractivity (Wildman–Crippen MR) is 113 cm³/mol. The second-order valence-electron chi connectivity index (χ2n) is 6.43. The van der Waals surface area contributed by atoms with Crippen molar-refractivity contribution >= 4 is 30.3 Å². The van der Waals surface area contributed by atoms with Gasteiger partial charge in [0.15, 0.2) is 11.6 Å². The second kappa shape index (κ2) is 10.6. The fourth-order valence-electron chi connectivity index (χ4n) is 2.71. The average molecular weight is 453 g/mol. The normalized spacial score (nSPS) is 12.0. The first-order valence-corrected chi connectivity index (χ1v) is 10.6. The first-order chi connectivity index (χ1) is 14.5. The van der Waals surface area contributed by atoms with E-state index in [1.54, 1.807) is 24.3 Å². The van der Waals surface area contributed by atoms with Gasteiger partial charge < -0.3 is 14.8 Å². The Labute approximate surface area is 181 Å². The molecule has 3 aromatic rings. The number of aromatic nitrogens is 1. The molecule has 0 aliphatic carbocycles. The molecule has 158 valence electrons. The molecule has 0 aliphatic heterocycles. The Hall–Kier alpha value is -2.36. The Morgan fingerprint density at radius 2 is 1.87 bits per heavy atom. The van der Waals surface area contributed by atoms with Gasteiger partial charge in [-0.2, -0.15) is 12.6 Å². The van der Waals surface area contributed by atoms with Gasteiger partial charge in [-0.05, 0) is 35.9 Å². The molecule has 0 saturated heterocycles. The Balaban J connectivity index is 1.56. The quantitative estimate of drug-likeness (QED) is 0.264. The molecule has 1 heterocycles. The van der Waals surface area contributed by atoms with Gasteiger partial charge in [-0.25, -0.2) is 18.2 Å². The van der Waals surface area contributed by atoms with Crippen molar-refractivity contribution in [2.24, 2.45) is 0 Å². The van der Waals surface area contributed by atoms with Crippen molar-refractivity contribution < 1.29 is 22.7 Å². The molecule has 0 radical (unpaired) electrons. The summed E-state index contributed by atoms with van der Waals surface area (Å²) in [5, 5.41) is 5.77. The molecule has 4 nitrogen and oxygen atoms in total. The maximum Gasteiger partial charge on any atom is 0.161 e. The number of aldehydes is 1. The largest absolute Gasteiger partial charge is 0.486 e. The van der Waals surface area contributed by atoms with Crippen molar-refractivity contribution in [3.05, 3.63) is 69.9 Å². The molecule has 0 fully saturated rings. The predicted octanol–water partition coefficient (Wildman–Crippen LogP) is 4.78. The molecule has 0 unspecified atom stereocenters. The van der Waals surface area contributed by atoms with Crippen LogP contribution < -0.4 is 10.1 Å². The van der Waals surface area contributed by atoms with E-state index < -0.39 is 17.5 Å². The molecule has 0 spiro atoms. The number of carbonyl (C=O) groups excluding carboxylic acids is 1. The van der Waals surface area contributed by atoms with Gasteiger partial charge in [0.1, 0.15) is 29.5 Å². The van der Waals surface area contributed by atoms with Crippen molar-refractivity contribution in [2.45, 2.75) is 25.6 Å². The summed E-state index contributed by atoms with van der Waals surface area (Å²) in [5.74, 6) is -2.01. The Morgan fingerprint density at radius 1 is 1.13 bits per heavy atom. The molecule has 1 aromatic heterocycles. The van der Waals surface area contributed by atoms with E-state index in [0.717, 1.165) is 23.1 Å². The smallest absolute Gasteiger partial charge is 0.161 e. The molecule has 1 N–H and O–H groups in total. The summed E-state index contributed by atoms with van der Waals surface area (Å²) >= 11 is 5.56. The van der Waals surface area contributed by atoms with E-state index >= 15 is 0 Å². The summed E-state index contributed by atoms with van der Waals surface area (Å²) < 4.78 is 46.1. The van der Waals surface area contributed by atoms with Crippen LogP contribution in [0.1, 0.15) is 17.1 Å². The minimum absolute atomic E-state index is 0.0240. The number of nitrogens with one attached hydrogen (secondary N) is 1. The molecule has 2 aromatic carbocycles. The standard InChI is InChI=1S/C21H19F3N2O2S2/c22-18-8-20(24)19(23)7-17(18)13-1-3-16(4-2-13)28-11-21-26-15(12-30-21)9-25-14(10-27)5-6-29/h1-4,7-8,10,12,14,25,29H,5-6,9,11H2/t14-/m1/s1. The number of thiol groups is 1. The van der Waals surface area contributed by atoms with E-state index in [4.69, 9.17) is 4.74 Å². The monoisotopic (exact) mass is 452 g/mol. The third-order valence-corrected chi connectivity index (χ3v) is 5.42. The molecule has 0 amide bonds. The summed E-state index contributed by atoms with van der Waals surface area (Å²) in [7, 11) is 0. The number of halogens is 3. The minimum Gasteiger partial charge on any atom is -0.486 e. The molecular weight excluding hydrogens is 433 g/mol. The Morgan fingerprint density at radius 3 is 2.57 bits per heavy atom. The number of hydrogen-bond donors (Lipinski definition) is 2. The SMILES string of the molecule is O=C[C@@H](CCS)NCc1csc(COc2ccc(-c3cc(F)c(F)cc3F)cc2)n1. The molecule has 3 rings (SSSR count). The van der Waals surface area contributed by atoms with Gasteiger partial charge in [0.25, 0.3) is 0 Å². The van der Waals surface area contributed by atoms with Gasteiger partial charge in [-0.3, -0.25) is 0 Å². The lowest BCUT2D eigenvalue weighted by Crippen LogP contribution is -2.30. The van der Waals surface area contributed by atoms with E-state index in [-0.39, 0.29) is 18.2 Å². The third kappa shape index (κ3) is 5.84. The van der Waals surface area contributed by atoms with Gasteiger partial charge in [0, 0.05) is 23.6 Å². The number of carbonyl (C=O) groups is 1. The number of thiazole rings is 1. The van der Waals surface area contributed by atoms with Crippen molar-refractivity contribution in [3.8, 4) is 16.9 Å². The highest BCUT2D eigenvalue weighted by Gasteiger charge is 2.12. The summed E-state index contributed by atoms with van der Waals surface area (Å²) in [6.07, 6.45) is 1.51. The molecule has 0 bridgehead atoms. The zero-order valence-electron chi connectivity index (χ0n) is 15.8. The first-order valence-electron chi connectivity index (χ1n) is 9.10. The fraction of sp³-hybridized carbons (Fsp3) is 0.238. The zero-order chi connectivity index (χ0) is 21.5. The van der Waals surface area contributed by atoms with Crippen LogP contribution >= 0.6 is 24.0 Å². The summed E-state index contributed by atoms with van der Waals surface area (Å²) in [6.45, 7) is 0.722. The lowest BCUT2D eigenvalue weighted by atomic mass is 10.0. The highest BCUT2D eigenvalue weighted by Crippen LogP contribution is 2.27. The van der Waals surface area contributed by atoms with Crippen LogP contribution in [-0.4, -0.2) is 23.1 Å². The van der Waals surface area contributed by atoms with Crippen LogP contribution in [0, 0.1) is 17.5 Å². The lowest BCUT2D eigenvalue weighted by Gasteiger charge is -2.09. The van der Waals surface area contributed by atoms with Crippen LogP contribution in [-0.2, 0) is 17.9 Å². The van der Waals surface area contributed by atoms with Crippen LogP contribution in [0.15, 0.2) is 41.8 Å². The number of hydrogen-bond acceptors (Lipinski definition) is 6. The van der Waals surface area contributed by atoms with Gasteiger partial charge >= 0.3 is 0 Å². The molecule has 1 atom stereocenters. The van der Waals surface area contributed by atoms with Crippen LogP contribution in [0.5, 0.6) is 5.75 Å². The van der Waals surface area contributed by atoms with Crippen molar-refractivity contribution in [1.82, 2.24) is 10.3 Å². The van der Waals surface area contributed by atoms with Crippen LogP contribution in [0.25, 0.3) is 11.1 Å². The van der Waals surface area contributed by atoms with Gasteiger partial charge in [0.05, 0.1) is 11.7 Å². The number of benzene rings is 2.